The van der Waals surface area contributed by atoms with E-state index in [0.717, 1.165) is 0 Å². The molecule has 3 unspecified atom stereocenters. The van der Waals surface area contributed by atoms with E-state index < -0.39 is 36.0 Å². The highest BCUT2D eigenvalue weighted by Gasteiger charge is 2.37. The van der Waals surface area contributed by atoms with Crippen LogP contribution in [-0.4, -0.2) is 62.3 Å². The van der Waals surface area contributed by atoms with Gasteiger partial charge in [0.2, 0.25) is 0 Å². The first kappa shape index (κ1) is 17.4. The number of carbonyl (C=O) groups is 3. The van der Waals surface area contributed by atoms with Crippen molar-refractivity contribution < 1.29 is 28.6 Å². The standard InChI is InChI=1S/C12H21NO6/c1-7(10(14)17-4)13(8(2)11(15)18-5)9(3)12(16)19-6/h7-9H,1-6H3. The molecule has 0 saturated carbocycles. The largest absolute Gasteiger partial charge is 0.468 e. The van der Waals surface area contributed by atoms with Crippen molar-refractivity contribution in [2.75, 3.05) is 21.3 Å². The molecule has 0 saturated heterocycles. The summed E-state index contributed by atoms with van der Waals surface area (Å²) in [5.41, 5.74) is 0. The molecule has 0 aliphatic carbocycles. The van der Waals surface area contributed by atoms with Gasteiger partial charge >= 0.3 is 17.9 Å². The van der Waals surface area contributed by atoms with Crippen molar-refractivity contribution in [1.82, 2.24) is 4.90 Å². The van der Waals surface area contributed by atoms with Gasteiger partial charge in [-0.25, -0.2) is 0 Å². The van der Waals surface area contributed by atoms with Crippen molar-refractivity contribution in [3.8, 4) is 0 Å². The van der Waals surface area contributed by atoms with Gasteiger partial charge in [-0.15, -0.1) is 0 Å². The van der Waals surface area contributed by atoms with Gasteiger partial charge in [0.1, 0.15) is 18.1 Å². The van der Waals surface area contributed by atoms with Crippen LogP contribution in [0.2, 0.25) is 0 Å². The second kappa shape index (κ2) is 7.73. The second-order valence-electron chi connectivity index (χ2n) is 4.04. The van der Waals surface area contributed by atoms with Crippen LogP contribution in [0.4, 0.5) is 0 Å². The smallest absolute Gasteiger partial charge is 0.322 e. The zero-order valence-corrected chi connectivity index (χ0v) is 12.1. The van der Waals surface area contributed by atoms with E-state index in [1.807, 2.05) is 0 Å². The SMILES string of the molecule is COC(=O)C(C)N(C(C)C(=O)OC)C(C)C(=O)OC. The quantitative estimate of drug-likeness (QED) is 0.497. The number of ether oxygens (including phenoxy) is 3. The molecule has 0 aromatic carbocycles. The van der Waals surface area contributed by atoms with Gasteiger partial charge in [0.05, 0.1) is 21.3 Å². The molecule has 7 heteroatoms. The summed E-state index contributed by atoms with van der Waals surface area (Å²) >= 11 is 0. The molecule has 0 amide bonds. The van der Waals surface area contributed by atoms with E-state index >= 15 is 0 Å². The number of hydrogen-bond donors (Lipinski definition) is 0. The predicted molar refractivity (Wildman–Crippen MR) is 66.3 cm³/mol. The Morgan fingerprint density at radius 1 is 0.684 bits per heavy atom. The number of rotatable bonds is 6. The van der Waals surface area contributed by atoms with Crippen LogP contribution in [0.25, 0.3) is 0 Å². The predicted octanol–water partition coefficient (Wildman–Crippen LogP) is -0.0271. The number of nitrogens with zero attached hydrogens (tertiary/aromatic N) is 1. The molecule has 0 radical (unpaired) electrons. The molecular formula is C12H21NO6. The average molecular weight is 275 g/mol. The number of carbonyl (C=O) groups excluding carboxylic acids is 3. The molecule has 19 heavy (non-hydrogen) atoms. The normalized spacial score (nSPS) is 15.3. The summed E-state index contributed by atoms with van der Waals surface area (Å²) in [5, 5.41) is 0. The topological polar surface area (TPSA) is 82.1 Å². The van der Waals surface area contributed by atoms with Crippen LogP contribution in [0.5, 0.6) is 0 Å². The van der Waals surface area contributed by atoms with Crippen LogP contribution in [0.15, 0.2) is 0 Å². The highest BCUT2D eigenvalue weighted by Crippen LogP contribution is 2.14. The van der Waals surface area contributed by atoms with Crippen LogP contribution in [0.1, 0.15) is 20.8 Å². The summed E-state index contributed by atoms with van der Waals surface area (Å²) in [4.78, 5) is 36.2. The molecule has 0 bridgehead atoms. The van der Waals surface area contributed by atoms with Gasteiger partial charge < -0.3 is 14.2 Å². The Bertz CT molecular complexity index is 291. The number of hydrogen-bond acceptors (Lipinski definition) is 7. The lowest BCUT2D eigenvalue weighted by Gasteiger charge is -2.34. The van der Waals surface area contributed by atoms with Crippen LogP contribution < -0.4 is 0 Å². The number of methoxy groups -OCH3 is 3. The molecule has 0 rings (SSSR count). The first-order valence-electron chi connectivity index (χ1n) is 5.82. The molecule has 0 N–H and O–H groups in total. The van der Waals surface area contributed by atoms with Crippen molar-refractivity contribution >= 4 is 17.9 Å². The maximum absolute atomic E-state index is 11.6. The van der Waals surface area contributed by atoms with Crippen molar-refractivity contribution in [3.05, 3.63) is 0 Å². The Hall–Kier alpha value is -1.63. The van der Waals surface area contributed by atoms with E-state index in [-0.39, 0.29) is 0 Å². The first-order valence-corrected chi connectivity index (χ1v) is 5.82. The second-order valence-corrected chi connectivity index (χ2v) is 4.04. The highest BCUT2D eigenvalue weighted by atomic mass is 16.5. The van der Waals surface area contributed by atoms with Crippen LogP contribution in [-0.2, 0) is 28.6 Å². The van der Waals surface area contributed by atoms with E-state index in [0.29, 0.717) is 0 Å². The third kappa shape index (κ3) is 4.20. The maximum Gasteiger partial charge on any atom is 0.322 e. The Morgan fingerprint density at radius 3 is 1.05 bits per heavy atom. The van der Waals surface area contributed by atoms with Crippen molar-refractivity contribution in [3.63, 3.8) is 0 Å². The first-order chi connectivity index (χ1) is 8.81. The van der Waals surface area contributed by atoms with Crippen LogP contribution in [0.3, 0.4) is 0 Å². The molecular weight excluding hydrogens is 254 g/mol. The van der Waals surface area contributed by atoms with Gasteiger partial charge in [0.25, 0.3) is 0 Å². The number of esters is 3. The molecule has 0 aliphatic rings. The summed E-state index contributed by atoms with van der Waals surface area (Å²) in [6, 6.07) is -2.35. The average Bonchev–Trinajstić information content (AvgIpc) is 2.43. The molecule has 0 aromatic heterocycles. The fourth-order valence-electron chi connectivity index (χ4n) is 1.88. The maximum atomic E-state index is 11.6. The van der Waals surface area contributed by atoms with Crippen molar-refractivity contribution in [1.29, 1.82) is 0 Å². The van der Waals surface area contributed by atoms with Gasteiger partial charge in [0.15, 0.2) is 0 Å². The van der Waals surface area contributed by atoms with E-state index in [1.54, 1.807) is 20.8 Å². The lowest BCUT2D eigenvalue weighted by molar-refractivity contribution is -0.160. The summed E-state index contributed by atoms with van der Waals surface area (Å²) in [7, 11) is 3.72. The zero-order chi connectivity index (χ0) is 15.2. The molecule has 7 nitrogen and oxygen atoms in total. The third-order valence-corrected chi connectivity index (χ3v) is 2.97. The van der Waals surface area contributed by atoms with Crippen molar-refractivity contribution in [2.45, 2.75) is 38.9 Å². The van der Waals surface area contributed by atoms with Crippen LogP contribution in [0, 0.1) is 0 Å². The molecule has 3 atom stereocenters. The van der Waals surface area contributed by atoms with Crippen molar-refractivity contribution in [2.24, 2.45) is 0 Å². The molecule has 110 valence electrons. The molecule has 0 aromatic rings. The molecule has 0 fully saturated rings. The summed E-state index contributed by atoms with van der Waals surface area (Å²) in [5.74, 6) is -1.65. The monoisotopic (exact) mass is 275 g/mol. The van der Waals surface area contributed by atoms with E-state index in [1.165, 1.54) is 26.2 Å². The van der Waals surface area contributed by atoms with Gasteiger partial charge in [-0.1, -0.05) is 0 Å². The highest BCUT2D eigenvalue weighted by molar-refractivity contribution is 5.82. The van der Waals surface area contributed by atoms with E-state index in [4.69, 9.17) is 0 Å². The molecule has 0 spiro atoms. The summed E-state index contributed by atoms with van der Waals surface area (Å²) in [6.45, 7) is 4.64. The molecule has 0 aliphatic heterocycles. The van der Waals surface area contributed by atoms with Gasteiger partial charge in [-0.3, -0.25) is 19.3 Å². The van der Waals surface area contributed by atoms with Gasteiger partial charge in [-0.05, 0) is 20.8 Å². The minimum Gasteiger partial charge on any atom is -0.468 e. The minimum absolute atomic E-state index is 0.550. The fraction of sp³-hybridized carbons (Fsp3) is 0.750. The van der Waals surface area contributed by atoms with E-state index in [9.17, 15) is 14.4 Å². The molecule has 0 heterocycles. The van der Waals surface area contributed by atoms with E-state index in [2.05, 4.69) is 14.2 Å². The Morgan fingerprint density at radius 2 is 0.895 bits per heavy atom. The zero-order valence-electron chi connectivity index (χ0n) is 12.1. The fourth-order valence-corrected chi connectivity index (χ4v) is 1.88. The Balaban J connectivity index is 5.29. The Labute approximate surface area is 112 Å². The third-order valence-electron chi connectivity index (χ3n) is 2.97. The van der Waals surface area contributed by atoms with Gasteiger partial charge in [-0.2, -0.15) is 0 Å². The van der Waals surface area contributed by atoms with Gasteiger partial charge in [0, 0.05) is 0 Å². The van der Waals surface area contributed by atoms with Crippen LogP contribution >= 0.6 is 0 Å². The lowest BCUT2D eigenvalue weighted by atomic mass is 10.1. The lowest BCUT2D eigenvalue weighted by Crippen LogP contribution is -2.55. The minimum atomic E-state index is -0.784. The summed E-state index contributed by atoms with van der Waals surface area (Å²) < 4.78 is 13.9. The summed E-state index contributed by atoms with van der Waals surface area (Å²) in [6.07, 6.45) is 0. The Kier molecular flexibility index (Phi) is 7.06.